The predicted octanol–water partition coefficient (Wildman–Crippen LogP) is -1.20. The van der Waals surface area contributed by atoms with E-state index in [4.69, 9.17) is 33.7 Å². The minimum atomic E-state index is -0.0236. The van der Waals surface area contributed by atoms with Crippen molar-refractivity contribution in [2.45, 2.75) is 43.6 Å². The monoisotopic (exact) mass is 427 g/mol. The van der Waals surface area contributed by atoms with E-state index in [0.717, 1.165) is 18.4 Å². The molecule has 31 heavy (non-hydrogen) atoms. The van der Waals surface area contributed by atoms with Crippen LogP contribution in [-0.4, -0.2) is 65.3 Å². The van der Waals surface area contributed by atoms with Crippen LogP contribution in [0.3, 0.4) is 0 Å². The minimum absolute atomic E-state index is 0.0236. The van der Waals surface area contributed by atoms with Gasteiger partial charge < -0.3 is 43.8 Å². The van der Waals surface area contributed by atoms with Gasteiger partial charge in [-0.3, -0.25) is 0 Å². The fourth-order valence-corrected chi connectivity index (χ4v) is 4.28. The Kier molecular flexibility index (Phi) is 6.37. The van der Waals surface area contributed by atoms with Crippen LogP contribution in [-0.2, 0) is 6.54 Å². The van der Waals surface area contributed by atoms with E-state index < -0.39 is 0 Å². The average Bonchev–Trinajstić information content (AvgIpc) is 2.71. The second kappa shape index (κ2) is 9.18. The van der Waals surface area contributed by atoms with E-state index in [1.54, 1.807) is 0 Å². The summed E-state index contributed by atoms with van der Waals surface area (Å²) in [5.41, 5.74) is 32.4. The van der Waals surface area contributed by atoms with Gasteiger partial charge in [0.25, 0.3) is 0 Å². The van der Waals surface area contributed by atoms with E-state index in [1.165, 1.54) is 0 Å². The molecule has 0 unspecified atom stereocenters. The zero-order chi connectivity index (χ0) is 22.0. The number of rotatable bonds is 5. The van der Waals surface area contributed by atoms with Gasteiger partial charge in [0.2, 0.25) is 17.8 Å². The van der Waals surface area contributed by atoms with Crippen molar-refractivity contribution in [3.8, 4) is 0 Å². The summed E-state index contributed by atoms with van der Waals surface area (Å²) in [7, 11) is 0. The second-order valence-corrected chi connectivity index (χ2v) is 8.68. The molecule has 0 radical (unpaired) electrons. The fraction of sp³-hybridized carbons (Fsp3) is 0.550. The summed E-state index contributed by atoms with van der Waals surface area (Å²) in [6, 6.07) is 7.60. The molecule has 11 N–H and O–H groups in total. The lowest BCUT2D eigenvalue weighted by Gasteiger charge is -2.37. The summed E-state index contributed by atoms with van der Waals surface area (Å²) in [6.45, 7) is 3.11. The molecule has 11 nitrogen and oxygen atoms in total. The number of nitrogen functional groups attached to an aromatic ring is 1. The molecule has 0 aliphatic carbocycles. The number of nitrogens with one attached hydrogen (secondary N) is 1. The summed E-state index contributed by atoms with van der Waals surface area (Å²) >= 11 is 0. The van der Waals surface area contributed by atoms with Gasteiger partial charge in [-0.15, -0.1) is 0 Å². The van der Waals surface area contributed by atoms with Crippen LogP contribution in [0.2, 0.25) is 0 Å². The lowest BCUT2D eigenvalue weighted by atomic mass is 10.0. The van der Waals surface area contributed by atoms with Crippen molar-refractivity contribution in [3.05, 3.63) is 29.8 Å². The van der Waals surface area contributed by atoms with Crippen molar-refractivity contribution < 1.29 is 0 Å². The number of nitrogens with two attached hydrogens (primary N) is 5. The maximum absolute atomic E-state index is 6.19. The maximum Gasteiger partial charge on any atom is 0.232 e. The third-order valence-electron chi connectivity index (χ3n) is 5.61. The van der Waals surface area contributed by atoms with Crippen LogP contribution >= 0.6 is 0 Å². The van der Waals surface area contributed by atoms with Crippen molar-refractivity contribution >= 4 is 23.5 Å². The number of benzene rings is 1. The Morgan fingerprint density at radius 2 is 1.32 bits per heavy atom. The Balaban J connectivity index is 1.61. The molecule has 0 bridgehead atoms. The molecule has 2 aromatic rings. The van der Waals surface area contributed by atoms with Gasteiger partial charge in [0, 0.05) is 62.6 Å². The molecule has 0 amide bonds. The molecule has 11 heteroatoms. The lowest BCUT2D eigenvalue weighted by molar-refractivity contribution is 0.441. The highest BCUT2D eigenvalue weighted by atomic mass is 15.4. The Hall–Kier alpha value is -2.73. The molecule has 0 spiro atoms. The molecular weight excluding hydrogens is 394 g/mol. The molecule has 4 rings (SSSR count). The molecule has 2 saturated heterocycles. The highest BCUT2D eigenvalue weighted by Crippen LogP contribution is 2.22. The molecule has 1 aromatic carbocycles. The minimum Gasteiger partial charge on any atom is -0.399 e. The predicted molar refractivity (Wildman–Crippen MR) is 124 cm³/mol. The van der Waals surface area contributed by atoms with Gasteiger partial charge in [0.1, 0.15) is 0 Å². The summed E-state index contributed by atoms with van der Waals surface area (Å²) in [6.07, 6.45) is 1.57. The number of anilines is 4. The van der Waals surface area contributed by atoms with Gasteiger partial charge in [0.05, 0.1) is 0 Å². The standard InChI is InChI=1S/C20H33N11/c21-13-3-1-2-12(4-13)7-26-18-27-19(30-8-14(22)5-15(23)9-30)29-20(28-18)31-10-16(24)6-17(25)11-31/h1-4,14-17H,5-11,21-25H2,(H,26,27,28,29)/t14-,15+,16-,17+. The SMILES string of the molecule is Nc1cccc(CNc2nc(N3C[C@H](N)C[C@H](N)C3)nc(N3C[C@H](N)C[C@H](N)C3)n2)c1. The molecule has 2 fully saturated rings. The van der Waals surface area contributed by atoms with Gasteiger partial charge in [-0.25, -0.2) is 0 Å². The van der Waals surface area contributed by atoms with E-state index in [-0.39, 0.29) is 24.2 Å². The Labute approximate surface area is 182 Å². The van der Waals surface area contributed by atoms with Gasteiger partial charge in [-0.05, 0) is 30.5 Å². The quantitative estimate of drug-likeness (QED) is 0.314. The van der Waals surface area contributed by atoms with Crippen molar-refractivity contribution in [1.29, 1.82) is 0 Å². The largest absolute Gasteiger partial charge is 0.399 e. The number of piperidine rings is 2. The molecule has 2 aliphatic heterocycles. The normalized spacial score (nSPS) is 26.7. The summed E-state index contributed by atoms with van der Waals surface area (Å²) in [5.74, 6) is 1.58. The van der Waals surface area contributed by atoms with Crippen molar-refractivity contribution in [2.75, 3.05) is 47.0 Å². The number of hydrogen-bond acceptors (Lipinski definition) is 11. The van der Waals surface area contributed by atoms with Crippen molar-refractivity contribution in [3.63, 3.8) is 0 Å². The molecule has 0 saturated carbocycles. The van der Waals surface area contributed by atoms with Crippen LogP contribution in [0.5, 0.6) is 0 Å². The van der Waals surface area contributed by atoms with E-state index in [9.17, 15) is 0 Å². The number of hydrogen-bond donors (Lipinski definition) is 6. The van der Waals surface area contributed by atoms with E-state index >= 15 is 0 Å². The van der Waals surface area contributed by atoms with E-state index in [1.807, 2.05) is 34.1 Å². The first-order valence-electron chi connectivity index (χ1n) is 10.7. The Morgan fingerprint density at radius 3 is 1.81 bits per heavy atom. The van der Waals surface area contributed by atoms with Gasteiger partial charge in [-0.2, -0.15) is 15.0 Å². The smallest absolute Gasteiger partial charge is 0.232 e. The molecule has 3 heterocycles. The highest BCUT2D eigenvalue weighted by Gasteiger charge is 2.28. The van der Waals surface area contributed by atoms with Crippen LogP contribution in [0, 0.1) is 0 Å². The molecule has 4 atom stereocenters. The van der Waals surface area contributed by atoms with Crippen LogP contribution < -0.4 is 43.8 Å². The Morgan fingerprint density at radius 1 is 0.806 bits per heavy atom. The summed E-state index contributed by atoms with van der Waals surface area (Å²) in [4.78, 5) is 18.1. The van der Waals surface area contributed by atoms with Crippen LogP contribution in [0.4, 0.5) is 23.5 Å². The van der Waals surface area contributed by atoms with E-state index in [0.29, 0.717) is 56.3 Å². The van der Waals surface area contributed by atoms with Crippen LogP contribution in [0.15, 0.2) is 24.3 Å². The molecular formula is C20H33N11. The summed E-state index contributed by atoms with van der Waals surface area (Å²) < 4.78 is 0. The highest BCUT2D eigenvalue weighted by molar-refractivity contribution is 5.47. The third-order valence-corrected chi connectivity index (χ3v) is 5.61. The lowest BCUT2D eigenvalue weighted by Crippen LogP contribution is -2.54. The zero-order valence-electron chi connectivity index (χ0n) is 17.7. The zero-order valence-corrected chi connectivity index (χ0v) is 17.7. The fourth-order valence-electron chi connectivity index (χ4n) is 4.28. The first kappa shape index (κ1) is 21.5. The molecule has 2 aliphatic rings. The number of nitrogens with zero attached hydrogens (tertiary/aromatic N) is 5. The molecule has 168 valence electrons. The van der Waals surface area contributed by atoms with Gasteiger partial charge in [-0.1, -0.05) is 12.1 Å². The third kappa shape index (κ3) is 5.50. The first-order chi connectivity index (χ1) is 14.9. The maximum atomic E-state index is 6.19. The van der Waals surface area contributed by atoms with Gasteiger partial charge >= 0.3 is 0 Å². The molecule has 1 aromatic heterocycles. The topological polar surface area (TPSA) is 187 Å². The summed E-state index contributed by atoms with van der Waals surface area (Å²) in [5, 5.41) is 3.30. The van der Waals surface area contributed by atoms with Gasteiger partial charge in [0.15, 0.2) is 0 Å². The Bertz CT molecular complexity index is 827. The van der Waals surface area contributed by atoms with Crippen LogP contribution in [0.25, 0.3) is 0 Å². The average molecular weight is 428 g/mol. The number of aromatic nitrogens is 3. The van der Waals surface area contributed by atoms with Crippen molar-refractivity contribution in [1.82, 2.24) is 15.0 Å². The van der Waals surface area contributed by atoms with Crippen LogP contribution in [0.1, 0.15) is 18.4 Å². The van der Waals surface area contributed by atoms with E-state index in [2.05, 4.69) is 15.3 Å². The first-order valence-corrected chi connectivity index (χ1v) is 10.7. The van der Waals surface area contributed by atoms with Crippen molar-refractivity contribution in [2.24, 2.45) is 22.9 Å². The second-order valence-electron chi connectivity index (χ2n) is 8.68.